The molecule has 0 heterocycles. The van der Waals surface area contributed by atoms with Gasteiger partial charge in [-0.15, -0.1) is 11.8 Å². The second-order valence-corrected chi connectivity index (χ2v) is 8.35. The van der Waals surface area contributed by atoms with Crippen LogP contribution in [0.15, 0.2) is 0 Å². The van der Waals surface area contributed by atoms with Crippen LogP contribution in [0.3, 0.4) is 0 Å². The van der Waals surface area contributed by atoms with Crippen LogP contribution >= 0.6 is 53.9 Å². The SMILES string of the molecule is CSC(SSSS)C(C)C. The van der Waals surface area contributed by atoms with Crippen LogP contribution in [0.4, 0.5) is 0 Å². The van der Waals surface area contributed by atoms with Gasteiger partial charge in [-0.25, -0.2) is 0 Å². The van der Waals surface area contributed by atoms with E-state index in [4.69, 9.17) is 0 Å². The van der Waals surface area contributed by atoms with Gasteiger partial charge in [0.1, 0.15) is 0 Å². The highest BCUT2D eigenvalue weighted by Crippen LogP contribution is 2.44. The Bertz CT molecular complexity index is 74.4. The molecule has 0 aliphatic heterocycles. The minimum absolute atomic E-state index is 0.699. The predicted octanol–water partition coefficient (Wildman–Crippen LogP) is 4.21. The molecule has 0 rings (SSSR count). The highest BCUT2D eigenvalue weighted by molar-refractivity contribution is 9.24. The molecule has 0 nitrogen and oxygen atoms in total. The quantitative estimate of drug-likeness (QED) is 0.428. The normalized spacial score (nSPS) is 14.1. The first-order chi connectivity index (χ1) is 4.72. The third kappa shape index (κ3) is 5.41. The molecule has 0 bridgehead atoms. The molecular weight excluding hydrogens is 220 g/mol. The summed E-state index contributed by atoms with van der Waals surface area (Å²) in [6.45, 7) is 4.50. The van der Waals surface area contributed by atoms with E-state index in [1.165, 1.54) is 9.83 Å². The first-order valence-corrected chi connectivity index (χ1v) is 8.77. The van der Waals surface area contributed by atoms with Gasteiger partial charge in [0, 0.05) is 0 Å². The second-order valence-electron chi connectivity index (χ2n) is 2.09. The molecule has 5 heteroatoms. The van der Waals surface area contributed by atoms with Crippen LogP contribution in [0.25, 0.3) is 0 Å². The summed E-state index contributed by atoms with van der Waals surface area (Å²) in [4.78, 5) is 0. The van der Waals surface area contributed by atoms with E-state index in [9.17, 15) is 0 Å². The average Bonchev–Trinajstić information content (AvgIpc) is 1.89. The molecule has 0 radical (unpaired) electrons. The van der Waals surface area contributed by atoms with E-state index in [1.54, 1.807) is 9.83 Å². The Labute approximate surface area is 84.0 Å². The molecule has 0 saturated heterocycles. The second kappa shape index (κ2) is 7.40. The Kier molecular flexibility index (Phi) is 8.70. The fourth-order valence-electron chi connectivity index (χ4n) is 0.479. The Balaban J connectivity index is 3.40. The van der Waals surface area contributed by atoms with Crippen molar-refractivity contribution in [3.05, 3.63) is 0 Å². The van der Waals surface area contributed by atoms with Crippen LogP contribution in [0.5, 0.6) is 0 Å². The molecule has 10 heavy (non-hydrogen) atoms. The molecule has 0 N–H and O–H groups in total. The highest BCUT2D eigenvalue weighted by atomic mass is 33.7. The van der Waals surface area contributed by atoms with Gasteiger partial charge in [-0.05, 0) is 31.8 Å². The lowest BCUT2D eigenvalue weighted by molar-refractivity contribution is 0.723. The number of hydrogen-bond donors (Lipinski definition) is 1. The summed E-state index contributed by atoms with van der Waals surface area (Å²) in [5.41, 5.74) is 0. The molecule has 0 saturated carbocycles. The molecule has 1 atom stereocenters. The lowest BCUT2D eigenvalue weighted by atomic mass is 10.3. The van der Waals surface area contributed by atoms with Gasteiger partial charge in [-0.1, -0.05) is 36.3 Å². The molecule has 0 aliphatic rings. The maximum atomic E-state index is 4.05. The van der Waals surface area contributed by atoms with Crippen molar-refractivity contribution in [1.82, 2.24) is 0 Å². The summed E-state index contributed by atoms with van der Waals surface area (Å²) in [7, 11) is 5.17. The first-order valence-electron chi connectivity index (χ1n) is 2.88. The first kappa shape index (κ1) is 11.8. The molecule has 0 aliphatic carbocycles. The molecule has 0 amide bonds. The van der Waals surface area contributed by atoms with E-state index < -0.39 is 0 Å². The minimum atomic E-state index is 0.699. The van der Waals surface area contributed by atoms with Gasteiger partial charge in [0.15, 0.2) is 0 Å². The van der Waals surface area contributed by atoms with Crippen molar-refractivity contribution in [2.24, 2.45) is 5.92 Å². The van der Waals surface area contributed by atoms with Gasteiger partial charge >= 0.3 is 0 Å². The van der Waals surface area contributed by atoms with Gasteiger partial charge < -0.3 is 0 Å². The van der Waals surface area contributed by atoms with Crippen molar-refractivity contribution < 1.29 is 0 Å². The zero-order valence-electron chi connectivity index (χ0n) is 6.23. The fraction of sp³-hybridized carbons (Fsp3) is 1.00. The number of rotatable bonds is 5. The lowest BCUT2D eigenvalue weighted by Crippen LogP contribution is -2.03. The van der Waals surface area contributed by atoms with E-state index in [-0.39, 0.29) is 0 Å². The van der Waals surface area contributed by atoms with Gasteiger partial charge in [0.2, 0.25) is 0 Å². The monoisotopic (exact) mass is 232 g/mol. The zero-order chi connectivity index (χ0) is 7.98. The van der Waals surface area contributed by atoms with Crippen molar-refractivity contribution in [2.45, 2.75) is 18.4 Å². The fourth-order valence-corrected chi connectivity index (χ4v) is 6.21. The summed E-state index contributed by atoms with van der Waals surface area (Å²) < 4.78 is 0.699. The standard InChI is InChI=1S/C5H12S5/c1-4(2)5(7-3)8-10-9-6/h4-6H,1-3H3. The van der Waals surface area contributed by atoms with Crippen LogP contribution in [-0.4, -0.2) is 10.8 Å². The van der Waals surface area contributed by atoms with Crippen LogP contribution in [0.2, 0.25) is 0 Å². The average molecular weight is 232 g/mol. The molecule has 0 aromatic carbocycles. The molecule has 0 spiro atoms. The number of thioether (sulfide) groups is 1. The van der Waals surface area contributed by atoms with Crippen LogP contribution in [-0.2, 0) is 0 Å². The van der Waals surface area contributed by atoms with Crippen LogP contribution in [0.1, 0.15) is 13.8 Å². The van der Waals surface area contributed by atoms with E-state index in [1.807, 2.05) is 22.6 Å². The maximum absolute atomic E-state index is 4.05. The highest BCUT2D eigenvalue weighted by Gasteiger charge is 2.11. The Morgan fingerprint density at radius 3 is 2.20 bits per heavy atom. The Morgan fingerprint density at radius 1 is 1.30 bits per heavy atom. The smallest absolute Gasteiger partial charge is 0.0634 e. The van der Waals surface area contributed by atoms with E-state index in [0.717, 1.165) is 5.92 Å². The summed E-state index contributed by atoms with van der Waals surface area (Å²) in [6.07, 6.45) is 2.15. The summed E-state index contributed by atoms with van der Waals surface area (Å²) in [5.74, 6) is 0.744. The number of thiol groups is 1. The Morgan fingerprint density at radius 2 is 1.90 bits per heavy atom. The minimum Gasteiger partial charge on any atom is -0.150 e. The van der Waals surface area contributed by atoms with Gasteiger partial charge in [-0.3, -0.25) is 0 Å². The summed E-state index contributed by atoms with van der Waals surface area (Å²) >= 11 is 5.96. The molecular formula is C5H12S5. The topological polar surface area (TPSA) is 0 Å². The summed E-state index contributed by atoms with van der Waals surface area (Å²) in [6, 6.07) is 0. The number of hydrogen-bond acceptors (Lipinski definition) is 5. The van der Waals surface area contributed by atoms with E-state index in [2.05, 4.69) is 31.8 Å². The van der Waals surface area contributed by atoms with Gasteiger partial charge in [0.05, 0.1) is 4.58 Å². The molecule has 1 unspecified atom stereocenters. The lowest BCUT2D eigenvalue weighted by Gasteiger charge is -2.15. The van der Waals surface area contributed by atoms with Crippen molar-refractivity contribution in [3.63, 3.8) is 0 Å². The summed E-state index contributed by atoms with van der Waals surface area (Å²) in [5, 5.41) is 0. The predicted molar refractivity (Wildman–Crippen MR) is 63.9 cm³/mol. The van der Waals surface area contributed by atoms with Crippen molar-refractivity contribution in [3.8, 4) is 0 Å². The van der Waals surface area contributed by atoms with Gasteiger partial charge in [-0.2, -0.15) is 0 Å². The van der Waals surface area contributed by atoms with Crippen molar-refractivity contribution in [1.29, 1.82) is 0 Å². The van der Waals surface area contributed by atoms with E-state index >= 15 is 0 Å². The largest absolute Gasteiger partial charge is 0.150 e. The maximum Gasteiger partial charge on any atom is 0.0634 e. The van der Waals surface area contributed by atoms with Crippen LogP contribution < -0.4 is 0 Å². The van der Waals surface area contributed by atoms with Crippen LogP contribution in [0, 0.1) is 5.92 Å². The zero-order valence-corrected chi connectivity index (χ0v) is 10.4. The Hall–Kier alpha value is 1.75. The molecule has 0 aromatic heterocycles. The van der Waals surface area contributed by atoms with Crippen molar-refractivity contribution in [2.75, 3.05) is 6.26 Å². The van der Waals surface area contributed by atoms with Gasteiger partial charge in [0.25, 0.3) is 0 Å². The molecule has 0 aromatic rings. The third-order valence-corrected chi connectivity index (χ3v) is 7.99. The van der Waals surface area contributed by atoms with E-state index in [0.29, 0.717) is 4.58 Å². The molecule has 62 valence electrons. The molecule has 0 fully saturated rings. The third-order valence-electron chi connectivity index (χ3n) is 0.941. The van der Waals surface area contributed by atoms with Crippen molar-refractivity contribution >= 4 is 53.9 Å².